The van der Waals surface area contributed by atoms with Gasteiger partial charge in [0, 0.05) is 24.9 Å². The van der Waals surface area contributed by atoms with Crippen LogP contribution in [0.2, 0.25) is 0 Å². The van der Waals surface area contributed by atoms with E-state index in [0.29, 0.717) is 13.2 Å². The van der Waals surface area contributed by atoms with E-state index < -0.39 is 10.0 Å². The average molecular weight is 300 g/mol. The highest BCUT2D eigenvalue weighted by Crippen LogP contribution is 2.14. The van der Waals surface area contributed by atoms with Gasteiger partial charge in [-0.3, -0.25) is 0 Å². The van der Waals surface area contributed by atoms with Gasteiger partial charge in [0.1, 0.15) is 0 Å². The molecule has 0 saturated carbocycles. The summed E-state index contributed by atoms with van der Waals surface area (Å²) >= 11 is 0. The molecule has 20 heavy (non-hydrogen) atoms. The van der Waals surface area contributed by atoms with Crippen LogP contribution in [0.5, 0.6) is 0 Å². The Hall–Kier alpha value is -1.11. The zero-order valence-electron chi connectivity index (χ0n) is 12.5. The summed E-state index contributed by atoms with van der Waals surface area (Å²) in [4.78, 5) is 0.273. The third kappa shape index (κ3) is 5.48. The highest BCUT2D eigenvalue weighted by Gasteiger charge is 2.14. The van der Waals surface area contributed by atoms with Gasteiger partial charge in [-0.25, -0.2) is 13.1 Å². The van der Waals surface area contributed by atoms with Crippen molar-refractivity contribution in [1.82, 2.24) is 4.72 Å². The first kappa shape index (κ1) is 16.9. The quantitative estimate of drug-likeness (QED) is 0.772. The van der Waals surface area contributed by atoms with Gasteiger partial charge in [-0.15, -0.1) is 0 Å². The number of rotatable bonds is 8. The molecule has 0 heterocycles. The van der Waals surface area contributed by atoms with Gasteiger partial charge in [-0.1, -0.05) is 0 Å². The third-order valence-corrected chi connectivity index (χ3v) is 4.27. The lowest BCUT2D eigenvalue weighted by molar-refractivity contribution is 0.0855. The second-order valence-electron chi connectivity index (χ2n) is 4.95. The standard InChI is InChI=1S/C14H24N2O3S/c1-5-19-12(4)10-15-13-6-8-14(9-7-13)20(17,18)16-11(2)3/h6-9,11-12,15-16H,5,10H2,1-4H3. The summed E-state index contributed by atoms with van der Waals surface area (Å²) in [6, 6.07) is 6.59. The van der Waals surface area contributed by atoms with Crippen LogP contribution < -0.4 is 10.0 Å². The van der Waals surface area contributed by atoms with E-state index in [-0.39, 0.29) is 17.0 Å². The van der Waals surface area contributed by atoms with E-state index in [1.165, 1.54) is 0 Å². The maximum atomic E-state index is 12.0. The van der Waals surface area contributed by atoms with E-state index in [4.69, 9.17) is 4.74 Å². The number of ether oxygens (including phenoxy) is 1. The molecule has 0 fully saturated rings. The molecule has 0 amide bonds. The number of anilines is 1. The zero-order valence-corrected chi connectivity index (χ0v) is 13.3. The summed E-state index contributed by atoms with van der Waals surface area (Å²) in [5.74, 6) is 0. The van der Waals surface area contributed by atoms with Crippen molar-refractivity contribution in [3.8, 4) is 0 Å². The average Bonchev–Trinajstić information content (AvgIpc) is 2.36. The Morgan fingerprint density at radius 3 is 2.25 bits per heavy atom. The predicted molar refractivity (Wildman–Crippen MR) is 81.5 cm³/mol. The minimum Gasteiger partial charge on any atom is -0.382 e. The molecule has 6 heteroatoms. The van der Waals surface area contributed by atoms with Gasteiger partial charge in [0.2, 0.25) is 10.0 Å². The molecule has 0 bridgehead atoms. The van der Waals surface area contributed by atoms with E-state index in [0.717, 1.165) is 5.69 Å². The highest BCUT2D eigenvalue weighted by molar-refractivity contribution is 7.89. The molecular formula is C14H24N2O3S. The van der Waals surface area contributed by atoms with Crippen LogP contribution >= 0.6 is 0 Å². The zero-order chi connectivity index (χ0) is 15.2. The van der Waals surface area contributed by atoms with Crippen LogP contribution in [-0.2, 0) is 14.8 Å². The smallest absolute Gasteiger partial charge is 0.240 e. The summed E-state index contributed by atoms with van der Waals surface area (Å²) in [7, 11) is -3.42. The van der Waals surface area contributed by atoms with Crippen LogP contribution in [0, 0.1) is 0 Å². The van der Waals surface area contributed by atoms with Crippen LogP contribution in [-0.4, -0.2) is 33.7 Å². The van der Waals surface area contributed by atoms with Crippen LogP contribution in [0.4, 0.5) is 5.69 Å². The summed E-state index contributed by atoms with van der Waals surface area (Å²) in [6.07, 6.45) is 0.117. The van der Waals surface area contributed by atoms with Crippen LogP contribution in [0.3, 0.4) is 0 Å². The van der Waals surface area contributed by atoms with Crippen molar-refractivity contribution in [2.45, 2.75) is 44.7 Å². The molecule has 0 saturated heterocycles. The fraction of sp³-hybridized carbons (Fsp3) is 0.571. The predicted octanol–water partition coefficient (Wildman–Crippen LogP) is 2.21. The molecule has 5 nitrogen and oxygen atoms in total. The molecule has 0 radical (unpaired) electrons. The second-order valence-corrected chi connectivity index (χ2v) is 6.66. The third-order valence-electron chi connectivity index (χ3n) is 2.60. The first-order valence-corrected chi connectivity index (χ1v) is 8.31. The largest absolute Gasteiger partial charge is 0.382 e. The van der Waals surface area contributed by atoms with Crippen molar-refractivity contribution in [2.75, 3.05) is 18.5 Å². The number of sulfonamides is 1. The molecule has 0 aliphatic carbocycles. The van der Waals surface area contributed by atoms with E-state index in [9.17, 15) is 8.42 Å². The van der Waals surface area contributed by atoms with Gasteiger partial charge < -0.3 is 10.1 Å². The fourth-order valence-electron chi connectivity index (χ4n) is 1.74. The normalized spacial score (nSPS) is 13.4. The molecule has 1 aromatic rings. The molecule has 0 aliphatic rings. The number of nitrogens with one attached hydrogen (secondary N) is 2. The number of benzene rings is 1. The van der Waals surface area contributed by atoms with Gasteiger partial charge in [0.25, 0.3) is 0 Å². The van der Waals surface area contributed by atoms with Gasteiger partial charge in [0.05, 0.1) is 11.0 Å². The lowest BCUT2D eigenvalue weighted by Gasteiger charge is -2.14. The van der Waals surface area contributed by atoms with Gasteiger partial charge >= 0.3 is 0 Å². The molecule has 0 aliphatic heterocycles. The maximum Gasteiger partial charge on any atom is 0.240 e. The van der Waals surface area contributed by atoms with E-state index in [2.05, 4.69) is 10.0 Å². The van der Waals surface area contributed by atoms with Gasteiger partial charge in [-0.05, 0) is 52.0 Å². The molecule has 114 valence electrons. The van der Waals surface area contributed by atoms with Crippen LogP contribution in [0.1, 0.15) is 27.7 Å². The van der Waals surface area contributed by atoms with Crippen molar-refractivity contribution >= 4 is 15.7 Å². The summed E-state index contributed by atoms with van der Waals surface area (Å²) in [5.41, 5.74) is 0.875. The first-order valence-electron chi connectivity index (χ1n) is 6.83. The molecule has 0 spiro atoms. The Bertz CT molecular complexity index is 498. The summed E-state index contributed by atoms with van der Waals surface area (Å²) < 4.78 is 31.9. The summed E-state index contributed by atoms with van der Waals surface area (Å²) in [6.45, 7) is 8.90. The second kappa shape index (κ2) is 7.61. The molecule has 0 aromatic heterocycles. The fourth-order valence-corrected chi connectivity index (χ4v) is 2.99. The lowest BCUT2D eigenvalue weighted by Crippen LogP contribution is -2.30. The van der Waals surface area contributed by atoms with Crippen LogP contribution in [0.15, 0.2) is 29.2 Å². The minimum atomic E-state index is -3.42. The van der Waals surface area contributed by atoms with E-state index in [1.807, 2.05) is 13.8 Å². The SMILES string of the molecule is CCOC(C)CNc1ccc(S(=O)(=O)NC(C)C)cc1. The molecule has 2 N–H and O–H groups in total. The van der Waals surface area contributed by atoms with Gasteiger partial charge in [0.15, 0.2) is 0 Å². The van der Waals surface area contributed by atoms with E-state index >= 15 is 0 Å². The topological polar surface area (TPSA) is 67.4 Å². The maximum absolute atomic E-state index is 12.0. The van der Waals surface area contributed by atoms with Crippen molar-refractivity contribution in [2.24, 2.45) is 0 Å². The Morgan fingerprint density at radius 1 is 1.15 bits per heavy atom. The monoisotopic (exact) mass is 300 g/mol. The molecule has 1 rings (SSSR count). The van der Waals surface area contributed by atoms with Crippen molar-refractivity contribution in [3.63, 3.8) is 0 Å². The Morgan fingerprint density at radius 2 is 1.75 bits per heavy atom. The molecular weight excluding hydrogens is 276 g/mol. The van der Waals surface area contributed by atoms with Gasteiger partial charge in [-0.2, -0.15) is 0 Å². The van der Waals surface area contributed by atoms with Crippen molar-refractivity contribution in [3.05, 3.63) is 24.3 Å². The Balaban J connectivity index is 2.65. The number of hydrogen-bond donors (Lipinski definition) is 2. The van der Waals surface area contributed by atoms with Crippen molar-refractivity contribution in [1.29, 1.82) is 0 Å². The summed E-state index contributed by atoms with van der Waals surface area (Å²) in [5, 5.41) is 3.21. The molecule has 1 atom stereocenters. The lowest BCUT2D eigenvalue weighted by atomic mass is 10.3. The Kier molecular flexibility index (Phi) is 6.45. The highest BCUT2D eigenvalue weighted by atomic mass is 32.2. The first-order chi connectivity index (χ1) is 9.35. The number of hydrogen-bond acceptors (Lipinski definition) is 4. The van der Waals surface area contributed by atoms with Crippen molar-refractivity contribution < 1.29 is 13.2 Å². The molecule has 1 aromatic carbocycles. The van der Waals surface area contributed by atoms with E-state index in [1.54, 1.807) is 38.1 Å². The van der Waals surface area contributed by atoms with Crippen LogP contribution in [0.25, 0.3) is 0 Å². The minimum absolute atomic E-state index is 0.117. The Labute approximate surface area is 121 Å². The molecule has 1 unspecified atom stereocenters.